The predicted octanol–water partition coefficient (Wildman–Crippen LogP) is 2.57. The Labute approximate surface area is 102 Å². The Balaban J connectivity index is 3.57. The zero-order valence-electron chi connectivity index (χ0n) is 9.34. The summed E-state index contributed by atoms with van der Waals surface area (Å²) in [6.07, 6.45) is 0. The van der Waals surface area contributed by atoms with E-state index in [9.17, 15) is 14.6 Å². The Kier molecular flexibility index (Phi) is 3.80. The number of hydrogen-bond donors (Lipinski definition) is 2. The maximum atomic E-state index is 14.0. The van der Waals surface area contributed by atoms with E-state index in [-0.39, 0.29) is 28.1 Å². The van der Waals surface area contributed by atoms with Crippen LogP contribution in [0.15, 0.2) is 10.5 Å². The maximum Gasteiger partial charge on any atom is 0.167 e. The molecule has 3 nitrogen and oxygen atoms in total. The highest BCUT2D eigenvalue weighted by Crippen LogP contribution is 2.42. The Morgan fingerprint density at radius 3 is 2.50 bits per heavy atom. The van der Waals surface area contributed by atoms with Crippen molar-refractivity contribution in [2.75, 3.05) is 13.7 Å². The number of ether oxygens (including phenoxy) is 1. The lowest BCUT2D eigenvalue weighted by atomic mass is 9.84. The highest BCUT2D eigenvalue weighted by atomic mass is 79.9. The van der Waals surface area contributed by atoms with Crippen molar-refractivity contribution in [1.82, 2.24) is 0 Å². The van der Waals surface area contributed by atoms with Crippen molar-refractivity contribution in [3.8, 4) is 11.5 Å². The van der Waals surface area contributed by atoms with Gasteiger partial charge in [0.15, 0.2) is 11.5 Å². The average molecular weight is 293 g/mol. The van der Waals surface area contributed by atoms with Crippen LogP contribution in [-0.4, -0.2) is 23.9 Å². The first-order chi connectivity index (χ1) is 7.35. The number of hydrogen-bond acceptors (Lipinski definition) is 3. The van der Waals surface area contributed by atoms with E-state index in [1.807, 2.05) is 0 Å². The number of halogens is 2. The molecule has 0 aliphatic rings. The molecule has 0 fully saturated rings. The molecule has 0 amide bonds. The van der Waals surface area contributed by atoms with Gasteiger partial charge in [0.05, 0.1) is 18.2 Å². The largest absolute Gasteiger partial charge is 0.504 e. The second kappa shape index (κ2) is 4.59. The molecule has 0 saturated carbocycles. The quantitative estimate of drug-likeness (QED) is 0.900. The number of benzene rings is 1. The molecule has 0 aliphatic heterocycles. The van der Waals surface area contributed by atoms with Crippen molar-refractivity contribution in [1.29, 1.82) is 0 Å². The lowest BCUT2D eigenvalue weighted by Crippen LogP contribution is -2.24. The molecule has 0 aliphatic carbocycles. The van der Waals surface area contributed by atoms with E-state index >= 15 is 0 Å². The van der Waals surface area contributed by atoms with E-state index in [1.165, 1.54) is 13.2 Å². The summed E-state index contributed by atoms with van der Waals surface area (Å²) < 4.78 is 19.1. The van der Waals surface area contributed by atoms with E-state index in [4.69, 9.17) is 4.74 Å². The highest BCUT2D eigenvalue weighted by molar-refractivity contribution is 9.10. The van der Waals surface area contributed by atoms with Gasteiger partial charge in [-0.3, -0.25) is 0 Å². The fourth-order valence-electron chi connectivity index (χ4n) is 1.49. The van der Waals surface area contributed by atoms with Gasteiger partial charge >= 0.3 is 0 Å². The minimum Gasteiger partial charge on any atom is -0.504 e. The summed E-state index contributed by atoms with van der Waals surface area (Å²) in [5.41, 5.74) is -0.680. The van der Waals surface area contributed by atoms with Gasteiger partial charge in [0, 0.05) is 17.0 Å². The molecule has 0 bridgehead atoms. The zero-order valence-corrected chi connectivity index (χ0v) is 10.9. The monoisotopic (exact) mass is 292 g/mol. The van der Waals surface area contributed by atoms with Gasteiger partial charge in [-0.25, -0.2) is 4.39 Å². The molecule has 0 saturated heterocycles. The minimum atomic E-state index is -0.837. The van der Waals surface area contributed by atoms with Gasteiger partial charge in [-0.05, 0) is 15.9 Å². The van der Waals surface area contributed by atoms with Crippen LogP contribution < -0.4 is 4.74 Å². The summed E-state index contributed by atoms with van der Waals surface area (Å²) in [5, 5.41) is 18.9. The molecule has 90 valence electrons. The summed E-state index contributed by atoms with van der Waals surface area (Å²) in [4.78, 5) is 0. The van der Waals surface area contributed by atoms with E-state index in [0.29, 0.717) is 0 Å². The third-order valence-corrected chi connectivity index (χ3v) is 3.01. The maximum absolute atomic E-state index is 14.0. The summed E-state index contributed by atoms with van der Waals surface area (Å²) in [7, 11) is 1.35. The van der Waals surface area contributed by atoms with Gasteiger partial charge in [0.1, 0.15) is 5.82 Å². The average Bonchev–Trinajstić information content (AvgIpc) is 2.22. The van der Waals surface area contributed by atoms with Crippen LogP contribution in [0.3, 0.4) is 0 Å². The van der Waals surface area contributed by atoms with Gasteiger partial charge in [-0.2, -0.15) is 0 Å². The van der Waals surface area contributed by atoms with Crippen molar-refractivity contribution in [2.45, 2.75) is 19.3 Å². The third-order valence-electron chi connectivity index (χ3n) is 2.43. The van der Waals surface area contributed by atoms with E-state index in [2.05, 4.69) is 15.9 Å². The molecule has 1 rings (SSSR count). The van der Waals surface area contributed by atoms with Crippen LogP contribution >= 0.6 is 15.9 Å². The first-order valence-corrected chi connectivity index (χ1v) is 5.50. The standard InChI is InChI=1S/C11H14BrFO3/c1-11(2,5-14)8-9(13)6(12)4-7(15)10(8)16-3/h4,14-15H,5H2,1-3H3. The van der Waals surface area contributed by atoms with Gasteiger partial charge in [0.25, 0.3) is 0 Å². The van der Waals surface area contributed by atoms with Crippen molar-refractivity contribution in [3.05, 3.63) is 21.9 Å². The number of phenolic OH excluding ortho intramolecular Hbond substituents is 1. The first kappa shape index (κ1) is 13.3. The second-order valence-corrected chi connectivity index (χ2v) is 5.00. The topological polar surface area (TPSA) is 49.7 Å². The van der Waals surface area contributed by atoms with Gasteiger partial charge in [0.2, 0.25) is 0 Å². The summed E-state index contributed by atoms with van der Waals surface area (Å²) in [5.74, 6) is -0.638. The molecule has 1 aromatic carbocycles. The molecular weight excluding hydrogens is 279 g/mol. The molecule has 1 aromatic rings. The summed E-state index contributed by atoms with van der Waals surface area (Å²) in [6, 6.07) is 1.23. The van der Waals surface area contributed by atoms with Crippen LogP contribution in [0.25, 0.3) is 0 Å². The molecule has 0 spiro atoms. The van der Waals surface area contributed by atoms with Crippen molar-refractivity contribution in [2.24, 2.45) is 0 Å². The van der Waals surface area contributed by atoms with Gasteiger partial charge < -0.3 is 14.9 Å². The Bertz CT molecular complexity index is 405. The van der Waals surface area contributed by atoms with Crippen LogP contribution in [0, 0.1) is 5.82 Å². The fourth-order valence-corrected chi connectivity index (χ4v) is 1.90. The molecule has 0 radical (unpaired) electrons. The molecule has 0 atom stereocenters. The zero-order chi connectivity index (χ0) is 12.5. The van der Waals surface area contributed by atoms with Crippen LogP contribution in [0.5, 0.6) is 11.5 Å². The predicted molar refractivity (Wildman–Crippen MR) is 62.4 cm³/mol. The lowest BCUT2D eigenvalue weighted by Gasteiger charge is -2.26. The summed E-state index contributed by atoms with van der Waals surface area (Å²) in [6.45, 7) is 3.08. The third kappa shape index (κ3) is 2.15. The number of phenols is 1. The Hall–Kier alpha value is -0.810. The Morgan fingerprint density at radius 1 is 1.50 bits per heavy atom. The molecule has 0 unspecified atom stereocenters. The van der Waals surface area contributed by atoms with Crippen LogP contribution in [0.1, 0.15) is 19.4 Å². The van der Waals surface area contributed by atoms with Crippen molar-refractivity contribution < 1.29 is 19.3 Å². The first-order valence-electron chi connectivity index (χ1n) is 4.71. The van der Waals surface area contributed by atoms with Gasteiger partial charge in [-0.15, -0.1) is 0 Å². The number of aliphatic hydroxyl groups is 1. The number of rotatable bonds is 3. The molecule has 2 N–H and O–H groups in total. The van der Waals surface area contributed by atoms with Crippen LogP contribution in [-0.2, 0) is 5.41 Å². The molecule has 16 heavy (non-hydrogen) atoms. The molecular formula is C11H14BrFO3. The number of aliphatic hydroxyl groups excluding tert-OH is 1. The Morgan fingerprint density at radius 2 is 2.06 bits per heavy atom. The van der Waals surface area contributed by atoms with E-state index in [1.54, 1.807) is 13.8 Å². The van der Waals surface area contributed by atoms with Crippen molar-refractivity contribution in [3.63, 3.8) is 0 Å². The lowest BCUT2D eigenvalue weighted by molar-refractivity contribution is 0.209. The van der Waals surface area contributed by atoms with Gasteiger partial charge in [-0.1, -0.05) is 13.8 Å². The van der Waals surface area contributed by atoms with E-state index in [0.717, 1.165) is 0 Å². The SMILES string of the molecule is COc1c(O)cc(Br)c(F)c1C(C)(C)CO. The molecule has 0 heterocycles. The summed E-state index contributed by atoms with van der Waals surface area (Å²) >= 11 is 3.01. The molecule has 5 heteroatoms. The number of aromatic hydroxyl groups is 1. The smallest absolute Gasteiger partial charge is 0.167 e. The number of methoxy groups -OCH3 is 1. The minimum absolute atomic E-state index is 0.0553. The fraction of sp³-hybridized carbons (Fsp3) is 0.455. The second-order valence-electron chi connectivity index (χ2n) is 4.14. The van der Waals surface area contributed by atoms with Crippen LogP contribution in [0.2, 0.25) is 0 Å². The molecule has 0 aromatic heterocycles. The van der Waals surface area contributed by atoms with E-state index < -0.39 is 11.2 Å². The highest BCUT2D eigenvalue weighted by Gasteiger charge is 2.30. The van der Waals surface area contributed by atoms with Crippen LogP contribution in [0.4, 0.5) is 4.39 Å². The normalized spacial score (nSPS) is 11.6. The van der Waals surface area contributed by atoms with Crippen molar-refractivity contribution >= 4 is 15.9 Å².